The molecule has 5 heteroatoms. The van der Waals surface area contributed by atoms with Gasteiger partial charge in [-0.15, -0.1) is 0 Å². The van der Waals surface area contributed by atoms with Crippen molar-refractivity contribution < 1.29 is 0 Å². The third kappa shape index (κ3) is 4.91. The molecule has 0 bridgehead atoms. The number of benzene rings is 1. The van der Waals surface area contributed by atoms with Crippen LogP contribution in [0.1, 0.15) is 33.1 Å². The van der Waals surface area contributed by atoms with Gasteiger partial charge in [-0.3, -0.25) is 9.89 Å². The Bertz CT molecular complexity index is 565. The molecule has 2 aliphatic rings. The first-order chi connectivity index (χ1) is 12.7. The molecule has 0 aromatic heterocycles. The van der Waals surface area contributed by atoms with E-state index in [-0.39, 0.29) is 0 Å². The standard InChI is InChI=1S/C21H35N5/c1-17(2)20(25-12-7-8-13-25)15-23-21(22-3)24-18-11-14-26(16-18)19-9-5-4-6-10-19/h4-6,9-10,17-18,20H,7-8,11-16H2,1-3H3,(H2,22,23,24). The van der Waals surface area contributed by atoms with Gasteiger partial charge in [0.05, 0.1) is 0 Å². The van der Waals surface area contributed by atoms with Crippen molar-refractivity contribution in [2.45, 2.75) is 45.2 Å². The quantitative estimate of drug-likeness (QED) is 0.607. The summed E-state index contributed by atoms with van der Waals surface area (Å²) in [6.45, 7) is 10.2. The van der Waals surface area contributed by atoms with Crippen molar-refractivity contribution >= 4 is 11.6 Å². The fourth-order valence-electron chi connectivity index (χ4n) is 4.20. The minimum atomic E-state index is 0.450. The third-order valence-electron chi connectivity index (χ3n) is 5.73. The van der Waals surface area contributed by atoms with Gasteiger partial charge in [-0.1, -0.05) is 32.0 Å². The van der Waals surface area contributed by atoms with Crippen LogP contribution >= 0.6 is 0 Å². The van der Waals surface area contributed by atoms with Gasteiger partial charge in [0.15, 0.2) is 5.96 Å². The van der Waals surface area contributed by atoms with Gasteiger partial charge in [-0.05, 0) is 50.4 Å². The molecule has 0 radical (unpaired) electrons. The highest BCUT2D eigenvalue weighted by Crippen LogP contribution is 2.20. The van der Waals surface area contributed by atoms with E-state index in [2.05, 4.69) is 69.6 Å². The van der Waals surface area contributed by atoms with Crippen LogP contribution in [0.25, 0.3) is 0 Å². The van der Waals surface area contributed by atoms with Crippen molar-refractivity contribution in [3.63, 3.8) is 0 Å². The lowest BCUT2D eigenvalue weighted by Crippen LogP contribution is -2.50. The van der Waals surface area contributed by atoms with Crippen LogP contribution in [0.4, 0.5) is 5.69 Å². The Morgan fingerprint density at radius 1 is 1.15 bits per heavy atom. The van der Waals surface area contributed by atoms with Crippen LogP contribution < -0.4 is 15.5 Å². The number of hydrogen-bond donors (Lipinski definition) is 2. The van der Waals surface area contributed by atoms with Crippen LogP contribution in [0.3, 0.4) is 0 Å². The van der Waals surface area contributed by atoms with E-state index in [1.807, 2.05) is 7.05 Å². The number of hydrogen-bond acceptors (Lipinski definition) is 3. The summed E-state index contributed by atoms with van der Waals surface area (Å²) < 4.78 is 0. The van der Waals surface area contributed by atoms with Gasteiger partial charge in [0.25, 0.3) is 0 Å². The topological polar surface area (TPSA) is 42.9 Å². The average molecular weight is 358 g/mol. The highest BCUT2D eigenvalue weighted by atomic mass is 15.3. The third-order valence-corrected chi connectivity index (χ3v) is 5.73. The van der Waals surface area contributed by atoms with Crippen molar-refractivity contribution in [3.8, 4) is 0 Å². The normalized spacial score (nSPS) is 22.8. The molecule has 2 atom stereocenters. The first-order valence-corrected chi connectivity index (χ1v) is 10.2. The fourth-order valence-corrected chi connectivity index (χ4v) is 4.20. The monoisotopic (exact) mass is 357 g/mol. The maximum absolute atomic E-state index is 4.46. The number of nitrogens with zero attached hydrogens (tertiary/aromatic N) is 3. The smallest absolute Gasteiger partial charge is 0.191 e. The lowest BCUT2D eigenvalue weighted by Gasteiger charge is -2.31. The average Bonchev–Trinajstić information content (AvgIpc) is 3.33. The Morgan fingerprint density at radius 3 is 2.54 bits per heavy atom. The summed E-state index contributed by atoms with van der Waals surface area (Å²) in [6.07, 6.45) is 3.83. The molecule has 2 aliphatic heterocycles. The van der Waals surface area contributed by atoms with Crippen molar-refractivity contribution in [2.75, 3.05) is 44.7 Å². The predicted octanol–water partition coefficient (Wildman–Crippen LogP) is 2.55. The molecule has 0 saturated carbocycles. The summed E-state index contributed by atoms with van der Waals surface area (Å²) in [5.41, 5.74) is 1.31. The molecule has 2 N–H and O–H groups in total. The Hall–Kier alpha value is -1.75. The van der Waals surface area contributed by atoms with Crippen molar-refractivity contribution in [1.29, 1.82) is 0 Å². The first kappa shape index (κ1) is 19.0. The summed E-state index contributed by atoms with van der Waals surface area (Å²) in [7, 11) is 1.87. The molecule has 5 nitrogen and oxygen atoms in total. The molecule has 2 unspecified atom stereocenters. The molecule has 0 amide bonds. The zero-order valence-corrected chi connectivity index (χ0v) is 16.6. The summed E-state index contributed by atoms with van der Waals surface area (Å²) in [6, 6.07) is 11.7. The van der Waals surface area contributed by atoms with E-state index >= 15 is 0 Å². The largest absolute Gasteiger partial charge is 0.369 e. The highest BCUT2D eigenvalue weighted by molar-refractivity contribution is 5.80. The zero-order valence-electron chi connectivity index (χ0n) is 16.6. The molecule has 1 aromatic rings. The second kappa shape index (κ2) is 9.26. The molecule has 1 aromatic carbocycles. The highest BCUT2D eigenvalue weighted by Gasteiger charge is 2.26. The summed E-state index contributed by atoms with van der Waals surface area (Å²) in [5.74, 6) is 1.59. The van der Waals surface area contributed by atoms with E-state index in [1.165, 1.54) is 31.6 Å². The van der Waals surface area contributed by atoms with Gasteiger partial charge in [0.1, 0.15) is 0 Å². The second-order valence-electron chi connectivity index (χ2n) is 7.92. The minimum absolute atomic E-state index is 0.450. The van der Waals surface area contributed by atoms with Crippen LogP contribution in [0.5, 0.6) is 0 Å². The van der Waals surface area contributed by atoms with E-state index < -0.39 is 0 Å². The molecular weight excluding hydrogens is 322 g/mol. The summed E-state index contributed by atoms with van der Waals surface area (Å²) in [5, 5.41) is 7.22. The molecule has 0 aliphatic carbocycles. The SMILES string of the molecule is CN=C(NCC(C(C)C)N1CCCC1)NC1CCN(c2ccccc2)C1. The summed E-state index contributed by atoms with van der Waals surface area (Å²) >= 11 is 0. The van der Waals surface area contributed by atoms with Crippen LogP contribution in [-0.2, 0) is 0 Å². The first-order valence-electron chi connectivity index (χ1n) is 10.2. The van der Waals surface area contributed by atoms with Gasteiger partial charge in [-0.25, -0.2) is 0 Å². The van der Waals surface area contributed by atoms with E-state index in [1.54, 1.807) is 0 Å². The maximum Gasteiger partial charge on any atom is 0.191 e. The Labute approximate surface area is 158 Å². The van der Waals surface area contributed by atoms with E-state index in [4.69, 9.17) is 0 Å². The molecule has 26 heavy (non-hydrogen) atoms. The minimum Gasteiger partial charge on any atom is -0.369 e. The number of likely N-dealkylation sites (tertiary alicyclic amines) is 1. The Kier molecular flexibility index (Phi) is 6.78. The van der Waals surface area contributed by atoms with E-state index in [0.717, 1.165) is 32.0 Å². The molecular formula is C21H35N5. The fraction of sp³-hybridized carbons (Fsp3) is 0.667. The molecule has 2 saturated heterocycles. The van der Waals surface area contributed by atoms with E-state index in [9.17, 15) is 0 Å². The maximum atomic E-state index is 4.46. The van der Waals surface area contributed by atoms with Crippen molar-refractivity contribution in [1.82, 2.24) is 15.5 Å². The molecule has 3 rings (SSSR count). The van der Waals surface area contributed by atoms with Crippen LogP contribution in [-0.4, -0.2) is 62.7 Å². The van der Waals surface area contributed by atoms with Crippen LogP contribution in [0, 0.1) is 5.92 Å². The molecule has 2 fully saturated rings. The molecule has 2 heterocycles. The second-order valence-corrected chi connectivity index (χ2v) is 7.92. The lowest BCUT2D eigenvalue weighted by molar-refractivity contribution is 0.192. The van der Waals surface area contributed by atoms with Gasteiger partial charge in [-0.2, -0.15) is 0 Å². The molecule has 144 valence electrons. The zero-order chi connectivity index (χ0) is 18.4. The van der Waals surface area contributed by atoms with Crippen LogP contribution in [0.2, 0.25) is 0 Å². The number of para-hydroxylation sites is 1. The van der Waals surface area contributed by atoms with Gasteiger partial charge in [0, 0.05) is 44.5 Å². The van der Waals surface area contributed by atoms with Gasteiger partial charge < -0.3 is 15.5 Å². The van der Waals surface area contributed by atoms with Crippen LogP contribution in [0.15, 0.2) is 35.3 Å². The number of rotatable bonds is 6. The number of nitrogens with one attached hydrogen (secondary N) is 2. The molecule has 0 spiro atoms. The summed E-state index contributed by atoms with van der Waals surface area (Å²) in [4.78, 5) is 9.55. The Balaban J connectivity index is 1.49. The number of anilines is 1. The van der Waals surface area contributed by atoms with Crippen molar-refractivity contribution in [3.05, 3.63) is 30.3 Å². The lowest BCUT2D eigenvalue weighted by atomic mass is 10.0. The Morgan fingerprint density at radius 2 is 1.88 bits per heavy atom. The number of guanidine groups is 1. The predicted molar refractivity (Wildman–Crippen MR) is 111 cm³/mol. The van der Waals surface area contributed by atoms with Gasteiger partial charge >= 0.3 is 0 Å². The van der Waals surface area contributed by atoms with Gasteiger partial charge in [0.2, 0.25) is 0 Å². The van der Waals surface area contributed by atoms with E-state index in [0.29, 0.717) is 18.0 Å². The van der Waals surface area contributed by atoms with Crippen molar-refractivity contribution in [2.24, 2.45) is 10.9 Å². The number of aliphatic imine (C=N–C) groups is 1.